The number of hydrogen-bond acceptors (Lipinski definition) is 4. The molecule has 5 heteroatoms. The summed E-state index contributed by atoms with van der Waals surface area (Å²) in [5, 5.41) is 2.84. The van der Waals surface area contributed by atoms with Crippen LogP contribution in [0.2, 0.25) is 0 Å². The molecule has 1 aliphatic heterocycles. The van der Waals surface area contributed by atoms with Crippen molar-refractivity contribution in [1.82, 2.24) is 5.32 Å². The van der Waals surface area contributed by atoms with Crippen LogP contribution in [0.5, 0.6) is 0 Å². The first-order valence-corrected chi connectivity index (χ1v) is 8.69. The van der Waals surface area contributed by atoms with Crippen LogP contribution >= 0.6 is 0 Å². The van der Waals surface area contributed by atoms with E-state index in [0.717, 1.165) is 30.6 Å². The van der Waals surface area contributed by atoms with Crippen LogP contribution in [0.3, 0.4) is 0 Å². The summed E-state index contributed by atoms with van der Waals surface area (Å²) in [7, 11) is -3.16. The minimum absolute atomic E-state index is 0.0621. The SMILES string of the molecule is CC(C)S(=O)(=O)CCC(=O)c1cccc2c1CCNC2. The van der Waals surface area contributed by atoms with Gasteiger partial charge in [0.1, 0.15) is 0 Å². The summed E-state index contributed by atoms with van der Waals surface area (Å²) in [5.41, 5.74) is 2.93. The maximum Gasteiger partial charge on any atom is 0.164 e. The van der Waals surface area contributed by atoms with E-state index in [1.54, 1.807) is 13.8 Å². The van der Waals surface area contributed by atoms with Crippen molar-refractivity contribution in [3.63, 3.8) is 0 Å². The zero-order valence-electron chi connectivity index (χ0n) is 12.0. The minimum atomic E-state index is -3.16. The van der Waals surface area contributed by atoms with Gasteiger partial charge in [0.15, 0.2) is 15.6 Å². The first-order chi connectivity index (χ1) is 9.42. The Morgan fingerprint density at radius 2 is 2.10 bits per heavy atom. The number of fused-ring (bicyclic) bond motifs is 1. The van der Waals surface area contributed by atoms with Crippen molar-refractivity contribution in [3.8, 4) is 0 Å². The van der Waals surface area contributed by atoms with Gasteiger partial charge in [0.25, 0.3) is 0 Å². The highest BCUT2D eigenvalue weighted by Crippen LogP contribution is 2.20. The van der Waals surface area contributed by atoms with Crippen LogP contribution < -0.4 is 5.32 Å². The van der Waals surface area contributed by atoms with Gasteiger partial charge in [0, 0.05) is 18.5 Å². The van der Waals surface area contributed by atoms with Gasteiger partial charge in [0.2, 0.25) is 0 Å². The monoisotopic (exact) mass is 295 g/mol. The second kappa shape index (κ2) is 6.06. The lowest BCUT2D eigenvalue weighted by Crippen LogP contribution is -2.26. The van der Waals surface area contributed by atoms with E-state index in [-0.39, 0.29) is 18.0 Å². The first-order valence-electron chi connectivity index (χ1n) is 6.98. The number of carbonyl (C=O) groups excluding carboxylic acids is 1. The number of nitrogens with one attached hydrogen (secondary N) is 1. The fourth-order valence-corrected chi connectivity index (χ4v) is 3.34. The number of hydrogen-bond donors (Lipinski definition) is 1. The van der Waals surface area contributed by atoms with Crippen molar-refractivity contribution in [3.05, 3.63) is 34.9 Å². The summed E-state index contributed by atoms with van der Waals surface area (Å²) in [6, 6.07) is 5.70. The third kappa shape index (κ3) is 3.27. The molecule has 1 aromatic rings. The van der Waals surface area contributed by atoms with Gasteiger partial charge in [-0.1, -0.05) is 18.2 Å². The van der Waals surface area contributed by atoms with E-state index >= 15 is 0 Å². The topological polar surface area (TPSA) is 63.2 Å². The minimum Gasteiger partial charge on any atom is -0.312 e. The quantitative estimate of drug-likeness (QED) is 0.840. The molecule has 1 N–H and O–H groups in total. The van der Waals surface area contributed by atoms with Gasteiger partial charge in [-0.2, -0.15) is 0 Å². The summed E-state index contributed by atoms with van der Waals surface area (Å²) in [5.74, 6) is -0.126. The molecule has 0 unspecified atom stereocenters. The van der Waals surface area contributed by atoms with E-state index in [2.05, 4.69) is 5.32 Å². The number of benzene rings is 1. The molecule has 0 fully saturated rings. The second-order valence-corrected chi connectivity index (χ2v) is 8.14. The summed E-state index contributed by atoms with van der Waals surface area (Å²) in [4.78, 5) is 12.3. The smallest absolute Gasteiger partial charge is 0.164 e. The predicted octanol–water partition coefficient (Wildman–Crippen LogP) is 1.73. The van der Waals surface area contributed by atoms with E-state index in [9.17, 15) is 13.2 Å². The highest BCUT2D eigenvalue weighted by atomic mass is 32.2. The Morgan fingerprint density at radius 1 is 1.35 bits per heavy atom. The molecule has 0 aromatic heterocycles. The molecule has 0 amide bonds. The molecule has 1 aliphatic rings. The summed E-state index contributed by atoms with van der Waals surface area (Å²) in [6.07, 6.45) is 0.901. The molecule has 0 saturated heterocycles. The van der Waals surface area contributed by atoms with E-state index in [4.69, 9.17) is 0 Å². The Kier molecular flexibility index (Phi) is 4.60. The van der Waals surface area contributed by atoms with E-state index < -0.39 is 15.1 Å². The van der Waals surface area contributed by atoms with Crippen molar-refractivity contribution < 1.29 is 13.2 Å². The van der Waals surface area contributed by atoms with E-state index in [1.165, 1.54) is 0 Å². The average molecular weight is 295 g/mol. The van der Waals surface area contributed by atoms with Crippen LogP contribution in [0.1, 0.15) is 41.8 Å². The van der Waals surface area contributed by atoms with Crippen LogP contribution in [0.4, 0.5) is 0 Å². The van der Waals surface area contributed by atoms with Crippen LogP contribution in [0.25, 0.3) is 0 Å². The number of sulfone groups is 1. The Balaban J connectivity index is 2.15. The lowest BCUT2D eigenvalue weighted by molar-refractivity contribution is 0.0987. The zero-order valence-corrected chi connectivity index (χ0v) is 12.8. The maximum atomic E-state index is 12.3. The highest BCUT2D eigenvalue weighted by molar-refractivity contribution is 7.91. The number of carbonyl (C=O) groups is 1. The molecular weight excluding hydrogens is 274 g/mol. The Bertz CT molecular complexity index is 606. The molecule has 0 bridgehead atoms. The number of Topliss-reactive ketones (excluding diaryl/α,β-unsaturated/α-hetero) is 1. The fraction of sp³-hybridized carbons (Fsp3) is 0.533. The maximum absolute atomic E-state index is 12.3. The standard InChI is InChI=1S/C15H21NO3S/c1-11(2)20(18,19)9-7-15(17)14-5-3-4-12-10-16-8-6-13(12)14/h3-5,11,16H,6-10H2,1-2H3. The van der Waals surface area contributed by atoms with Crippen molar-refractivity contribution in [2.45, 2.75) is 38.5 Å². The average Bonchev–Trinajstić information content (AvgIpc) is 2.44. The molecule has 0 atom stereocenters. The van der Waals surface area contributed by atoms with Crippen LogP contribution in [-0.2, 0) is 22.8 Å². The van der Waals surface area contributed by atoms with Crippen molar-refractivity contribution in [2.75, 3.05) is 12.3 Å². The summed E-state index contributed by atoms with van der Waals surface area (Å²) in [6.45, 7) is 4.94. The third-order valence-electron chi connectivity index (χ3n) is 3.77. The van der Waals surface area contributed by atoms with E-state index in [1.807, 2.05) is 18.2 Å². The molecule has 0 spiro atoms. The Morgan fingerprint density at radius 3 is 2.80 bits per heavy atom. The summed E-state index contributed by atoms with van der Waals surface area (Å²) < 4.78 is 23.6. The van der Waals surface area contributed by atoms with Gasteiger partial charge in [0.05, 0.1) is 11.0 Å². The summed E-state index contributed by atoms with van der Waals surface area (Å²) >= 11 is 0. The number of ketones is 1. The molecule has 110 valence electrons. The van der Waals surface area contributed by atoms with Gasteiger partial charge in [-0.3, -0.25) is 4.79 Å². The highest BCUT2D eigenvalue weighted by Gasteiger charge is 2.21. The zero-order chi connectivity index (χ0) is 14.8. The molecule has 20 heavy (non-hydrogen) atoms. The third-order valence-corrected chi connectivity index (χ3v) is 5.98. The lowest BCUT2D eigenvalue weighted by Gasteiger charge is -2.19. The van der Waals surface area contributed by atoms with Crippen molar-refractivity contribution in [1.29, 1.82) is 0 Å². The van der Waals surface area contributed by atoms with Gasteiger partial charge < -0.3 is 5.32 Å². The fourth-order valence-electron chi connectivity index (χ4n) is 2.40. The predicted molar refractivity (Wildman–Crippen MR) is 79.7 cm³/mol. The van der Waals surface area contributed by atoms with Gasteiger partial charge in [-0.05, 0) is 37.9 Å². The van der Waals surface area contributed by atoms with Gasteiger partial charge in [-0.15, -0.1) is 0 Å². The number of rotatable bonds is 5. The lowest BCUT2D eigenvalue weighted by atomic mass is 9.92. The van der Waals surface area contributed by atoms with Gasteiger partial charge >= 0.3 is 0 Å². The first kappa shape index (κ1) is 15.2. The molecule has 1 heterocycles. The van der Waals surface area contributed by atoms with Gasteiger partial charge in [-0.25, -0.2) is 8.42 Å². The van der Waals surface area contributed by atoms with Crippen LogP contribution in [-0.4, -0.2) is 31.7 Å². The molecule has 4 nitrogen and oxygen atoms in total. The Labute approximate surface area is 120 Å². The second-order valence-electron chi connectivity index (χ2n) is 5.46. The molecule has 0 saturated carbocycles. The molecule has 2 rings (SSSR count). The molecule has 1 aromatic carbocycles. The Hall–Kier alpha value is -1.20. The van der Waals surface area contributed by atoms with E-state index in [0.29, 0.717) is 5.56 Å². The largest absolute Gasteiger partial charge is 0.312 e. The van der Waals surface area contributed by atoms with Crippen LogP contribution in [0, 0.1) is 0 Å². The van der Waals surface area contributed by atoms with Crippen LogP contribution in [0.15, 0.2) is 18.2 Å². The van der Waals surface area contributed by atoms with Crippen molar-refractivity contribution in [2.24, 2.45) is 0 Å². The molecular formula is C15H21NO3S. The normalized spacial score (nSPS) is 15.2. The van der Waals surface area contributed by atoms with Crippen molar-refractivity contribution >= 4 is 15.6 Å². The molecule has 0 radical (unpaired) electrons. The molecule has 0 aliphatic carbocycles.